The van der Waals surface area contributed by atoms with Gasteiger partial charge in [-0.1, -0.05) is 64.7 Å². The summed E-state index contributed by atoms with van der Waals surface area (Å²) in [5.74, 6) is 0. The van der Waals surface area contributed by atoms with Crippen molar-refractivity contribution in [3.63, 3.8) is 0 Å². The predicted molar refractivity (Wildman–Crippen MR) is 103 cm³/mol. The molecular formula is C18H34F4N2O3S. The molecule has 0 saturated heterocycles. The van der Waals surface area contributed by atoms with Crippen LogP contribution in [0, 0.1) is 0 Å². The quantitative estimate of drug-likeness (QED) is 0.242. The Kier molecular flexibility index (Phi) is 13.5. The van der Waals surface area contributed by atoms with E-state index in [0.29, 0.717) is 0 Å². The van der Waals surface area contributed by atoms with Gasteiger partial charge in [0.15, 0.2) is 0 Å². The van der Waals surface area contributed by atoms with Crippen LogP contribution in [0.4, 0.5) is 17.6 Å². The minimum Gasteiger partial charge on any atom is -0.362 e. The zero-order valence-corrected chi connectivity index (χ0v) is 17.6. The molecule has 0 radical (unpaired) electrons. The first-order chi connectivity index (χ1) is 13.0. The van der Waals surface area contributed by atoms with Crippen molar-refractivity contribution in [1.82, 2.24) is 9.80 Å². The molecule has 0 fully saturated rings. The van der Waals surface area contributed by atoms with Crippen LogP contribution in [0.2, 0.25) is 0 Å². The summed E-state index contributed by atoms with van der Waals surface area (Å²) in [6.45, 7) is 4.60. The Morgan fingerprint density at radius 2 is 1.43 bits per heavy atom. The van der Waals surface area contributed by atoms with Gasteiger partial charge in [-0.2, -0.15) is 17.2 Å². The first kappa shape index (κ1) is 27.0. The maximum absolute atomic E-state index is 11.5. The third-order valence-electron chi connectivity index (χ3n) is 4.33. The maximum atomic E-state index is 11.5. The molecule has 10 heteroatoms. The molecule has 0 aromatic rings. The van der Waals surface area contributed by atoms with Crippen molar-refractivity contribution in [3.8, 4) is 0 Å². The molecule has 1 heterocycles. The number of alkyl halides is 4. The Bertz CT molecular complexity index is 531. The lowest BCUT2D eigenvalue weighted by molar-refractivity contribution is -0.0687. The van der Waals surface area contributed by atoms with Crippen molar-refractivity contribution >= 4 is 10.1 Å². The molecule has 0 aliphatic carbocycles. The number of nitrogens with zero attached hydrogens (tertiary/aromatic N) is 2. The Morgan fingerprint density at radius 3 is 1.75 bits per heavy atom. The molecule has 1 aliphatic rings. The van der Waals surface area contributed by atoms with E-state index >= 15 is 0 Å². The highest BCUT2D eigenvalue weighted by Crippen LogP contribution is 2.27. The molecule has 0 saturated carbocycles. The van der Waals surface area contributed by atoms with Gasteiger partial charge in [0.25, 0.3) is 0 Å². The minimum atomic E-state index is -5.98. The second-order valence-corrected chi connectivity index (χ2v) is 8.52. The second kappa shape index (κ2) is 14.0. The Hall–Kier alpha value is -1.03. The molecule has 0 spiro atoms. The van der Waals surface area contributed by atoms with Crippen molar-refractivity contribution in [2.45, 2.75) is 82.8 Å². The highest BCUT2D eigenvalue weighted by molar-refractivity contribution is 7.86. The highest BCUT2D eigenvalue weighted by atomic mass is 32.2. The van der Waals surface area contributed by atoms with E-state index < -0.39 is 21.8 Å². The van der Waals surface area contributed by atoms with E-state index in [0.717, 1.165) is 6.67 Å². The predicted octanol–water partition coefficient (Wildman–Crippen LogP) is 5.32. The molecule has 5 nitrogen and oxygen atoms in total. The molecule has 0 amide bonds. The molecule has 0 aromatic heterocycles. The number of halogens is 4. The second-order valence-electron chi connectivity index (χ2n) is 7.03. The first-order valence-corrected chi connectivity index (χ1v) is 11.2. The Balaban J connectivity index is 0.000000621. The number of rotatable bonds is 13. The van der Waals surface area contributed by atoms with Crippen molar-refractivity contribution in [3.05, 3.63) is 12.4 Å². The van der Waals surface area contributed by atoms with Gasteiger partial charge in [0.1, 0.15) is 0 Å². The minimum absolute atomic E-state index is 1.08. The lowest BCUT2D eigenvalue weighted by Gasteiger charge is -2.17. The van der Waals surface area contributed by atoms with E-state index in [1.807, 2.05) is 0 Å². The van der Waals surface area contributed by atoms with Crippen LogP contribution in [0.5, 0.6) is 0 Å². The molecule has 0 unspecified atom stereocenters. The van der Waals surface area contributed by atoms with Gasteiger partial charge in [-0.25, -0.2) is 8.78 Å². The first-order valence-electron chi connectivity index (χ1n) is 9.78. The van der Waals surface area contributed by atoms with Gasteiger partial charge < -0.3 is 9.80 Å². The summed E-state index contributed by atoms with van der Waals surface area (Å²) in [6, 6.07) is 0. The van der Waals surface area contributed by atoms with Crippen LogP contribution in [0.3, 0.4) is 0 Å². The van der Waals surface area contributed by atoms with Crippen LogP contribution in [-0.2, 0) is 10.1 Å². The molecule has 1 N–H and O–H groups in total. The molecule has 0 aromatic carbocycles. The van der Waals surface area contributed by atoms with E-state index in [1.54, 1.807) is 0 Å². The Morgan fingerprint density at radius 1 is 0.964 bits per heavy atom. The summed E-state index contributed by atoms with van der Waals surface area (Å²) in [5.41, 5.74) is 0. The van der Waals surface area contributed by atoms with E-state index in [4.69, 9.17) is 4.55 Å². The average Bonchev–Trinajstić information content (AvgIpc) is 3.01. The van der Waals surface area contributed by atoms with E-state index in [9.17, 15) is 26.0 Å². The van der Waals surface area contributed by atoms with Gasteiger partial charge in [0.2, 0.25) is 0 Å². The summed E-state index contributed by atoms with van der Waals surface area (Å²) in [6.07, 6.45) is 14.2. The van der Waals surface area contributed by atoms with Crippen LogP contribution >= 0.6 is 0 Å². The molecule has 0 atom stereocenters. The van der Waals surface area contributed by atoms with Crippen molar-refractivity contribution in [2.75, 3.05) is 20.3 Å². The smallest absolute Gasteiger partial charge is 0.362 e. The highest BCUT2D eigenvalue weighted by Gasteiger charge is 2.53. The standard InChI is InChI=1S/C16H32N2.C2H2F4O3S/c1-3-4-5-6-7-8-9-10-11-12-13-18-15-14-17(2)16-18;3-1(4)2(5,6)10(7,8)9/h14-15H,3-13,16H2,1-2H3;1H,(H,7,8,9). The maximum Gasteiger partial charge on any atom is 0.428 e. The van der Waals surface area contributed by atoms with Gasteiger partial charge in [0.05, 0.1) is 6.67 Å². The molecule has 28 heavy (non-hydrogen) atoms. The van der Waals surface area contributed by atoms with Crippen molar-refractivity contribution < 1.29 is 30.5 Å². The van der Waals surface area contributed by atoms with E-state index in [2.05, 4.69) is 36.2 Å². The van der Waals surface area contributed by atoms with Gasteiger partial charge in [0, 0.05) is 26.0 Å². The third kappa shape index (κ3) is 11.7. The summed E-state index contributed by atoms with van der Waals surface area (Å²) < 4.78 is 71.3. The summed E-state index contributed by atoms with van der Waals surface area (Å²) >= 11 is 0. The Labute approximate surface area is 166 Å². The molecule has 1 aliphatic heterocycles. The monoisotopic (exact) mass is 434 g/mol. The molecule has 0 bridgehead atoms. The summed E-state index contributed by atoms with van der Waals surface area (Å²) in [5, 5.41) is -5.37. The van der Waals surface area contributed by atoms with Gasteiger partial charge >= 0.3 is 21.8 Å². The topological polar surface area (TPSA) is 60.9 Å². The van der Waals surface area contributed by atoms with E-state index in [1.165, 1.54) is 70.8 Å². The van der Waals surface area contributed by atoms with Crippen molar-refractivity contribution in [2.24, 2.45) is 0 Å². The lowest BCUT2D eigenvalue weighted by atomic mass is 10.1. The van der Waals surface area contributed by atoms with Crippen LogP contribution < -0.4 is 0 Å². The SMILES string of the molecule is CCCCCCCCCCCCN1C=CN(C)C1.O=S(=O)(O)C(F)(F)C(F)F. The van der Waals surface area contributed by atoms with Crippen LogP contribution in [0.15, 0.2) is 12.4 Å². The summed E-state index contributed by atoms with van der Waals surface area (Å²) in [7, 11) is -3.85. The number of unbranched alkanes of at least 4 members (excludes halogenated alkanes) is 9. The largest absolute Gasteiger partial charge is 0.428 e. The number of hydrogen-bond acceptors (Lipinski definition) is 4. The average molecular weight is 435 g/mol. The third-order valence-corrected chi connectivity index (χ3v) is 5.20. The molecule has 168 valence electrons. The van der Waals surface area contributed by atoms with Gasteiger partial charge in [-0.3, -0.25) is 4.55 Å². The van der Waals surface area contributed by atoms with Crippen LogP contribution in [-0.4, -0.2) is 54.7 Å². The molecular weight excluding hydrogens is 400 g/mol. The van der Waals surface area contributed by atoms with E-state index in [-0.39, 0.29) is 0 Å². The van der Waals surface area contributed by atoms with Crippen LogP contribution in [0.25, 0.3) is 0 Å². The van der Waals surface area contributed by atoms with Crippen LogP contribution in [0.1, 0.15) is 71.1 Å². The van der Waals surface area contributed by atoms with Crippen molar-refractivity contribution in [1.29, 1.82) is 0 Å². The fourth-order valence-electron chi connectivity index (χ4n) is 2.65. The van der Waals surface area contributed by atoms with Gasteiger partial charge in [-0.15, -0.1) is 0 Å². The number of hydrogen-bond donors (Lipinski definition) is 1. The normalized spacial score (nSPS) is 14.6. The fraction of sp³-hybridized carbons (Fsp3) is 0.889. The zero-order chi connectivity index (χ0) is 21.6. The lowest BCUT2D eigenvalue weighted by Crippen LogP contribution is -2.35. The zero-order valence-electron chi connectivity index (χ0n) is 16.8. The summed E-state index contributed by atoms with van der Waals surface area (Å²) in [4.78, 5) is 4.64. The molecule has 1 rings (SSSR count). The fourth-order valence-corrected chi connectivity index (χ4v) is 2.87. The van der Waals surface area contributed by atoms with Gasteiger partial charge in [-0.05, 0) is 6.42 Å².